The number of hydrogen-bond donors (Lipinski definition) is 0. The molecular weight excluding hydrogens is 335 g/mol. The Bertz CT molecular complexity index is 746. The Balaban J connectivity index is 2.26. The zero-order chi connectivity index (χ0) is 17.7. The van der Waals surface area contributed by atoms with Crippen LogP contribution < -0.4 is 9.47 Å². The van der Waals surface area contributed by atoms with Crippen LogP contribution in [0.2, 0.25) is 5.02 Å². The third-order valence-corrected chi connectivity index (χ3v) is 3.88. The largest absolute Gasteiger partial charge is 0.513 e. The topological polar surface area (TPSA) is 44.8 Å². The Hall–Kier alpha value is -2.27. The Morgan fingerprint density at radius 2 is 2.00 bits per heavy atom. The van der Waals surface area contributed by atoms with Gasteiger partial charge in [-0.1, -0.05) is 24.6 Å². The lowest BCUT2D eigenvalue weighted by molar-refractivity contribution is 0.120. The second-order valence-corrected chi connectivity index (χ2v) is 5.53. The molecule has 2 rings (SSSR count). The van der Waals surface area contributed by atoms with Crippen molar-refractivity contribution in [2.45, 2.75) is 26.9 Å². The van der Waals surface area contributed by atoms with Crippen molar-refractivity contribution in [1.82, 2.24) is 0 Å². The minimum Gasteiger partial charge on any atom is -0.488 e. The highest BCUT2D eigenvalue weighted by atomic mass is 35.5. The van der Waals surface area contributed by atoms with E-state index < -0.39 is 6.16 Å². The van der Waals surface area contributed by atoms with Crippen molar-refractivity contribution in [2.24, 2.45) is 0 Å². The van der Waals surface area contributed by atoms with Crippen LogP contribution in [-0.2, 0) is 17.8 Å². The van der Waals surface area contributed by atoms with E-state index in [9.17, 15) is 9.18 Å². The lowest BCUT2D eigenvalue weighted by atomic mass is 10.1. The first-order chi connectivity index (χ1) is 11.5. The van der Waals surface area contributed by atoms with Crippen LogP contribution in [0.15, 0.2) is 30.3 Å². The van der Waals surface area contributed by atoms with Crippen LogP contribution >= 0.6 is 11.6 Å². The lowest BCUT2D eigenvalue weighted by Crippen LogP contribution is -2.10. The van der Waals surface area contributed by atoms with Gasteiger partial charge in [0.15, 0.2) is 0 Å². The second-order valence-electron chi connectivity index (χ2n) is 5.12. The Kier molecular flexibility index (Phi) is 6.04. The van der Waals surface area contributed by atoms with E-state index in [1.54, 1.807) is 31.2 Å². The van der Waals surface area contributed by atoms with E-state index in [2.05, 4.69) is 4.74 Å². The third kappa shape index (κ3) is 4.17. The van der Waals surface area contributed by atoms with Gasteiger partial charge < -0.3 is 14.2 Å². The molecule has 2 aromatic carbocycles. The maximum Gasteiger partial charge on any atom is 0.513 e. The van der Waals surface area contributed by atoms with Crippen molar-refractivity contribution in [3.8, 4) is 11.5 Å². The van der Waals surface area contributed by atoms with Gasteiger partial charge in [0, 0.05) is 6.07 Å². The third-order valence-electron chi connectivity index (χ3n) is 3.53. The maximum absolute atomic E-state index is 13.8. The summed E-state index contributed by atoms with van der Waals surface area (Å²) in [6.45, 7) is 3.69. The molecule has 2 aromatic rings. The molecule has 0 aliphatic rings. The van der Waals surface area contributed by atoms with Crippen molar-refractivity contribution >= 4 is 17.8 Å². The average molecular weight is 353 g/mol. The molecule has 0 heterocycles. The molecule has 0 fully saturated rings. The molecule has 0 saturated heterocycles. The molecule has 6 heteroatoms. The summed E-state index contributed by atoms with van der Waals surface area (Å²) in [4.78, 5) is 11.3. The quantitative estimate of drug-likeness (QED) is 0.556. The number of hydrogen-bond acceptors (Lipinski definition) is 4. The molecule has 0 bridgehead atoms. The van der Waals surface area contributed by atoms with E-state index >= 15 is 0 Å². The first-order valence-electron chi connectivity index (χ1n) is 7.41. The number of ether oxygens (including phenoxy) is 3. The van der Waals surface area contributed by atoms with Crippen molar-refractivity contribution < 1.29 is 23.4 Å². The summed E-state index contributed by atoms with van der Waals surface area (Å²) >= 11 is 6.17. The number of aryl methyl sites for hydroxylation is 2. The molecule has 0 aromatic heterocycles. The fraction of sp³-hybridized carbons (Fsp3) is 0.278. The number of carbonyl (C=O) groups excluding carboxylic acids is 1. The van der Waals surface area contributed by atoms with Gasteiger partial charge in [-0.05, 0) is 42.7 Å². The summed E-state index contributed by atoms with van der Waals surface area (Å²) in [5, 5.41) is 0.377. The number of methoxy groups -OCH3 is 1. The monoisotopic (exact) mass is 352 g/mol. The summed E-state index contributed by atoms with van der Waals surface area (Å²) in [5.74, 6) is 0.330. The standard InChI is InChI=1S/C18H18ClFO4/c1-4-12-8-11(2)15(20)9-17(12)23-10-13-14(19)6-5-7-16(13)24-18(21)22-3/h5-9H,4,10H2,1-3H3. The molecule has 128 valence electrons. The zero-order valence-corrected chi connectivity index (χ0v) is 14.4. The van der Waals surface area contributed by atoms with E-state index in [1.165, 1.54) is 13.2 Å². The smallest absolute Gasteiger partial charge is 0.488 e. The van der Waals surface area contributed by atoms with Crippen LogP contribution in [0, 0.1) is 12.7 Å². The highest BCUT2D eigenvalue weighted by Gasteiger charge is 2.15. The molecule has 0 aliphatic heterocycles. The van der Waals surface area contributed by atoms with Gasteiger partial charge in [-0.25, -0.2) is 9.18 Å². The van der Waals surface area contributed by atoms with Gasteiger partial charge in [-0.2, -0.15) is 0 Å². The van der Waals surface area contributed by atoms with Crippen molar-refractivity contribution in [3.05, 3.63) is 57.9 Å². The van der Waals surface area contributed by atoms with Crippen LogP contribution in [0.3, 0.4) is 0 Å². The normalized spacial score (nSPS) is 10.4. The number of carbonyl (C=O) groups is 1. The highest BCUT2D eigenvalue weighted by molar-refractivity contribution is 6.31. The Morgan fingerprint density at radius 1 is 1.25 bits per heavy atom. The van der Waals surface area contributed by atoms with Crippen LogP contribution in [0.1, 0.15) is 23.6 Å². The summed E-state index contributed by atoms with van der Waals surface area (Å²) in [5.41, 5.74) is 1.93. The number of benzene rings is 2. The lowest BCUT2D eigenvalue weighted by Gasteiger charge is -2.15. The molecule has 0 saturated carbocycles. The van der Waals surface area contributed by atoms with E-state index in [4.69, 9.17) is 21.1 Å². The van der Waals surface area contributed by atoms with Gasteiger partial charge in [0.05, 0.1) is 17.7 Å². The molecule has 0 N–H and O–H groups in total. The minimum atomic E-state index is -0.853. The van der Waals surface area contributed by atoms with E-state index in [1.807, 2.05) is 6.92 Å². The SMILES string of the molecule is CCc1cc(C)c(F)cc1OCc1c(Cl)cccc1OC(=O)OC. The molecule has 0 spiro atoms. The van der Waals surface area contributed by atoms with Gasteiger partial charge >= 0.3 is 6.16 Å². The summed E-state index contributed by atoms with van der Waals surface area (Å²) < 4.78 is 29.1. The van der Waals surface area contributed by atoms with Gasteiger partial charge in [0.25, 0.3) is 0 Å². The number of halogens is 2. The molecule has 4 nitrogen and oxygen atoms in total. The summed E-state index contributed by atoms with van der Waals surface area (Å²) in [7, 11) is 1.21. The van der Waals surface area contributed by atoms with E-state index in [0.717, 1.165) is 5.56 Å². The Labute approximate surface area is 145 Å². The van der Waals surface area contributed by atoms with E-state index in [-0.39, 0.29) is 18.2 Å². The summed E-state index contributed by atoms with van der Waals surface area (Å²) in [6.07, 6.45) is -0.154. The zero-order valence-electron chi connectivity index (χ0n) is 13.7. The molecule has 0 aliphatic carbocycles. The highest BCUT2D eigenvalue weighted by Crippen LogP contribution is 2.30. The van der Waals surface area contributed by atoms with Gasteiger partial charge in [-0.3, -0.25) is 0 Å². The molecule has 0 atom stereocenters. The van der Waals surface area contributed by atoms with Crippen molar-refractivity contribution in [2.75, 3.05) is 7.11 Å². The van der Waals surface area contributed by atoms with Gasteiger partial charge in [0.1, 0.15) is 23.9 Å². The molecule has 24 heavy (non-hydrogen) atoms. The Morgan fingerprint density at radius 3 is 2.67 bits per heavy atom. The van der Waals surface area contributed by atoms with Crippen molar-refractivity contribution in [3.63, 3.8) is 0 Å². The van der Waals surface area contributed by atoms with Crippen LogP contribution in [0.4, 0.5) is 9.18 Å². The second kappa shape index (κ2) is 8.02. The average Bonchev–Trinajstić information content (AvgIpc) is 2.56. The predicted molar refractivity (Wildman–Crippen MR) is 89.3 cm³/mol. The first kappa shape index (κ1) is 18.1. The minimum absolute atomic E-state index is 0.0293. The van der Waals surface area contributed by atoms with E-state index in [0.29, 0.717) is 28.3 Å². The fourth-order valence-electron chi connectivity index (χ4n) is 2.19. The number of rotatable bonds is 5. The maximum atomic E-state index is 13.8. The van der Waals surface area contributed by atoms with Crippen LogP contribution in [-0.4, -0.2) is 13.3 Å². The molecule has 0 radical (unpaired) electrons. The van der Waals surface area contributed by atoms with Crippen molar-refractivity contribution in [1.29, 1.82) is 0 Å². The summed E-state index contributed by atoms with van der Waals surface area (Å²) in [6, 6.07) is 7.99. The van der Waals surface area contributed by atoms with Crippen LogP contribution in [0.25, 0.3) is 0 Å². The predicted octanol–water partition coefficient (Wildman–Crippen LogP) is 5.07. The van der Waals surface area contributed by atoms with Gasteiger partial charge in [-0.15, -0.1) is 0 Å². The molecule has 0 unspecified atom stereocenters. The molecular formula is C18H18ClFO4. The first-order valence-corrected chi connectivity index (χ1v) is 7.79. The molecule has 0 amide bonds. The van der Waals surface area contributed by atoms with Crippen LogP contribution in [0.5, 0.6) is 11.5 Å². The fourth-order valence-corrected chi connectivity index (χ4v) is 2.41. The van der Waals surface area contributed by atoms with Gasteiger partial charge in [0.2, 0.25) is 0 Å².